The molecule has 0 unspecified atom stereocenters. The van der Waals surface area contributed by atoms with Crippen LogP contribution >= 0.6 is 11.6 Å². The van der Waals surface area contributed by atoms with Crippen LogP contribution in [0.3, 0.4) is 0 Å². The van der Waals surface area contributed by atoms with Gasteiger partial charge in [0.15, 0.2) is 5.82 Å². The molecule has 0 radical (unpaired) electrons. The van der Waals surface area contributed by atoms with E-state index >= 15 is 0 Å². The van der Waals surface area contributed by atoms with E-state index in [-0.39, 0.29) is 0 Å². The lowest BCUT2D eigenvalue weighted by Gasteiger charge is -2.11. The van der Waals surface area contributed by atoms with Crippen LogP contribution in [0.1, 0.15) is 23.7 Å². The molecule has 0 bridgehead atoms. The van der Waals surface area contributed by atoms with Crippen molar-refractivity contribution in [2.75, 3.05) is 5.32 Å². The maximum Gasteiger partial charge on any atom is 0.161 e. The van der Waals surface area contributed by atoms with Crippen molar-refractivity contribution >= 4 is 23.1 Å². The third-order valence-electron chi connectivity index (χ3n) is 4.59. The summed E-state index contributed by atoms with van der Waals surface area (Å²) in [5.74, 6) is 1.53. The molecule has 2 aromatic carbocycles. The van der Waals surface area contributed by atoms with Gasteiger partial charge in [-0.25, -0.2) is 9.97 Å². The Balaban J connectivity index is 1.54. The van der Waals surface area contributed by atoms with Gasteiger partial charge in [-0.2, -0.15) is 5.10 Å². The van der Waals surface area contributed by atoms with Gasteiger partial charge in [0.05, 0.1) is 17.8 Å². The van der Waals surface area contributed by atoms with Crippen LogP contribution in [0, 0.1) is 6.92 Å². The molecule has 6 heteroatoms. The first-order valence-corrected chi connectivity index (χ1v) is 9.96. The zero-order valence-electron chi connectivity index (χ0n) is 16.4. The van der Waals surface area contributed by atoms with Gasteiger partial charge in [0.25, 0.3) is 0 Å². The van der Waals surface area contributed by atoms with E-state index in [0.717, 1.165) is 40.6 Å². The summed E-state index contributed by atoms with van der Waals surface area (Å²) in [6.45, 7) is 4.85. The highest BCUT2D eigenvalue weighted by molar-refractivity contribution is 6.30. The third kappa shape index (κ3) is 4.81. The first-order valence-electron chi connectivity index (χ1n) is 9.58. The summed E-state index contributed by atoms with van der Waals surface area (Å²) in [6, 6.07) is 18.5. The standard InChI is InChI=1S/C23H22ClN5/c1-3-20-12-22(28-23(27-20)18-6-4-5-16(2)11-18)26-21-9-7-17(8-10-21)14-29-15-19(24)13-25-29/h4-13,15H,3,14H2,1-2H3,(H,26,27,28). The Labute approximate surface area is 175 Å². The highest BCUT2D eigenvalue weighted by Gasteiger charge is 2.07. The fraction of sp³-hybridized carbons (Fsp3) is 0.174. The van der Waals surface area contributed by atoms with Crippen LogP contribution in [-0.2, 0) is 13.0 Å². The van der Waals surface area contributed by atoms with Gasteiger partial charge in [0, 0.05) is 29.2 Å². The van der Waals surface area contributed by atoms with Gasteiger partial charge in [-0.1, -0.05) is 54.4 Å². The van der Waals surface area contributed by atoms with Gasteiger partial charge in [-0.15, -0.1) is 0 Å². The van der Waals surface area contributed by atoms with E-state index in [4.69, 9.17) is 21.6 Å². The minimum atomic E-state index is 0.642. The van der Waals surface area contributed by atoms with Crippen molar-refractivity contribution in [3.63, 3.8) is 0 Å². The quantitative estimate of drug-likeness (QED) is 0.451. The second-order valence-corrected chi connectivity index (χ2v) is 7.41. The first kappa shape index (κ1) is 19.2. The zero-order chi connectivity index (χ0) is 20.2. The Morgan fingerprint density at radius 2 is 1.86 bits per heavy atom. The van der Waals surface area contributed by atoms with E-state index < -0.39 is 0 Å². The average Bonchev–Trinajstić information content (AvgIpc) is 3.14. The first-order chi connectivity index (χ1) is 14.1. The molecule has 2 aromatic heterocycles. The summed E-state index contributed by atoms with van der Waals surface area (Å²) in [5.41, 5.74) is 5.34. The molecule has 0 fully saturated rings. The smallest absolute Gasteiger partial charge is 0.161 e. The molecule has 0 saturated carbocycles. The van der Waals surface area contributed by atoms with Gasteiger partial charge in [-0.3, -0.25) is 4.68 Å². The largest absolute Gasteiger partial charge is 0.340 e. The Bertz CT molecular complexity index is 1120. The Kier molecular flexibility index (Phi) is 5.58. The molecule has 1 N–H and O–H groups in total. The molecule has 4 aromatic rings. The number of aromatic nitrogens is 4. The number of halogens is 1. The van der Waals surface area contributed by atoms with Crippen LogP contribution in [0.4, 0.5) is 11.5 Å². The number of aryl methyl sites for hydroxylation is 2. The van der Waals surface area contributed by atoms with Crippen molar-refractivity contribution in [2.24, 2.45) is 0 Å². The SMILES string of the molecule is CCc1cc(Nc2ccc(Cn3cc(Cl)cn3)cc2)nc(-c2cccc(C)c2)n1. The third-order valence-corrected chi connectivity index (χ3v) is 4.79. The van der Waals surface area contributed by atoms with E-state index in [0.29, 0.717) is 11.6 Å². The topological polar surface area (TPSA) is 55.6 Å². The summed E-state index contributed by atoms with van der Waals surface area (Å²) in [6.07, 6.45) is 4.30. The Morgan fingerprint density at radius 1 is 1.03 bits per heavy atom. The van der Waals surface area contributed by atoms with Crippen LogP contribution in [0.5, 0.6) is 0 Å². The minimum absolute atomic E-state index is 0.642. The van der Waals surface area contributed by atoms with E-state index in [1.165, 1.54) is 5.56 Å². The molecule has 0 aliphatic rings. The van der Waals surface area contributed by atoms with Crippen LogP contribution in [-0.4, -0.2) is 19.7 Å². The van der Waals surface area contributed by atoms with Crippen molar-refractivity contribution in [1.82, 2.24) is 19.7 Å². The van der Waals surface area contributed by atoms with Crippen molar-refractivity contribution in [3.05, 3.63) is 88.8 Å². The van der Waals surface area contributed by atoms with Crippen molar-refractivity contribution in [3.8, 4) is 11.4 Å². The van der Waals surface area contributed by atoms with Crippen molar-refractivity contribution in [1.29, 1.82) is 0 Å². The summed E-state index contributed by atoms with van der Waals surface area (Å²) < 4.78 is 1.82. The van der Waals surface area contributed by atoms with Gasteiger partial charge in [-0.05, 0) is 37.1 Å². The number of hydrogen-bond donors (Lipinski definition) is 1. The van der Waals surface area contributed by atoms with E-state index in [1.807, 2.05) is 41.2 Å². The number of hydrogen-bond acceptors (Lipinski definition) is 4. The highest BCUT2D eigenvalue weighted by atomic mass is 35.5. The van der Waals surface area contributed by atoms with Gasteiger partial charge >= 0.3 is 0 Å². The Hall–Kier alpha value is -3.18. The number of nitrogens with zero attached hydrogens (tertiary/aromatic N) is 4. The molecule has 0 spiro atoms. The number of benzene rings is 2. The molecule has 0 atom stereocenters. The normalized spacial score (nSPS) is 10.9. The summed E-state index contributed by atoms with van der Waals surface area (Å²) in [5, 5.41) is 8.26. The zero-order valence-corrected chi connectivity index (χ0v) is 17.2. The van der Waals surface area contributed by atoms with Crippen molar-refractivity contribution in [2.45, 2.75) is 26.8 Å². The maximum atomic E-state index is 5.93. The monoisotopic (exact) mass is 403 g/mol. The predicted molar refractivity (Wildman–Crippen MR) is 118 cm³/mol. The summed E-state index contributed by atoms with van der Waals surface area (Å²) >= 11 is 5.93. The Morgan fingerprint density at radius 3 is 2.55 bits per heavy atom. The van der Waals surface area contributed by atoms with E-state index in [2.05, 4.69) is 48.5 Å². The average molecular weight is 404 g/mol. The molecule has 0 amide bonds. The molecular weight excluding hydrogens is 382 g/mol. The van der Waals surface area contributed by atoms with E-state index in [1.54, 1.807) is 6.20 Å². The lowest BCUT2D eigenvalue weighted by Crippen LogP contribution is -2.02. The van der Waals surface area contributed by atoms with Crippen molar-refractivity contribution < 1.29 is 0 Å². The lowest BCUT2D eigenvalue weighted by atomic mass is 10.1. The fourth-order valence-electron chi connectivity index (χ4n) is 3.11. The van der Waals surface area contributed by atoms with Gasteiger partial charge < -0.3 is 5.32 Å². The second-order valence-electron chi connectivity index (χ2n) is 6.97. The molecule has 4 rings (SSSR count). The van der Waals surface area contributed by atoms with E-state index in [9.17, 15) is 0 Å². The molecule has 0 aliphatic heterocycles. The predicted octanol–water partition coefficient (Wildman–Crippen LogP) is 5.66. The number of anilines is 2. The lowest BCUT2D eigenvalue weighted by molar-refractivity contribution is 0.687. The number of rotatable bonds is 6. The molecule has 5 nitrogen and oxygen atoms in total. The van der Waals surface area contributed by atoms with Gasteiger partial charge in [0.2, 0.25) is 0 Å². The van der Waals surface area contributed by atoms with Crippen LogP contribution < -0.4 is 5.32 Å². The molecule has 0 saturated heterocycles. The molecular formula is C23H22ClN5. The molecule has 146 valence electrons. The summed E-state index contributed by atoms with van der Waals surface area (Å²) in [7, 11) is 0. The maximum absolute atomic E-state index is 5.93. The van der Waals surface area contributed by atoms with Crippen LogP contribution in [0.2, 0.25) is 5.02 Å². The minimum Gasteiger partial charge on any atom is -0.340 e. The number of nitrogens with one attached hydrogen (secondary N) is 1. The highest BCUT2D eigenvalue weighted by Crippen LogP contribution is 2.22. The fourth-order valence-corrected chi connectivity index (χ4v) is 3.27. The summed E-state index contributed by atoms with van der Waals surface area (Å²) in [4.78, 5) is 9.43. The van der Waals surface area contributed by atoms with Crippen LogP contribution in [0.25, 0.3) is 11.4 Å². The molecule has 2 heterocycles. The van der Waals surface area contributed by atoms with Crippen LogP contribution in [0.15, 0.2) is 67.0 Å². The molecule has 0 aliphatic carbocycles. The van der Waals surface area contributed by atoms with Gasteiger partial charge in [0.1, 0.15) is 5.82 Å². The second kappa shape index (κ2) is 8.45. The molecule has 29 heavy (non-hydrogen) atoms.